The maximum absolute atomic E-state index is 14.1. The quantitative estimate of drug-likeness (QED) is 0.434. The molecule has 0 bridgehead atoms. The van der Waals surface area contributed by atoms with Crippen LogP contribution in [0.15, 0.2) is 82.7 Å². The lowest BCUT2D eigenvalue weighted by molar-refractivity contribution is 0.103. The molecular weight excluding hydrogens is 401 g/mol. The average molecular weight is 419 g/mol. The predicted octanol–water partition coefficient (Wildman–Crippen LogP) is 5.05. The van der Waals surface area contributed by atoms with Gasteiger partial charge in [0.2, 0.25) is 9.84 Å². The van der Waals surface area contributed by atoms with E-state index < -0.39 is 21.4 Å². The molecule has 0 N–H and O–H groups in total. The topological polar surface area (TPSA) is 64.1 Å². The van der Waals surface area contributed by atoms with Crippen molar-refractivity contribution in [2.75, 3.05) is 0 Å². The van der Waals surface area contributed by atoms with Crippen LogP contribution in [0.1, 0.15) is 27.0 Å². The second-order valence-corrected chi connectivity index (χ2v) is 8.99. The second kappa shape index (κ2) is 7.46. The van der Waals surface area contributed by atoms with Gasteiger partial charge in [-0.15, -0.1) is 0 Å². The Morgan fingerprint density at radius 2 is 1.63 bits per heavy atom. The zero-order valence-electron chi connectivity index (χ0n) is 16.4. The van der Waals surface area contributed by atoms with Gasteiger partial charge in [-0.3, -0.25) is 9.78 Å². The summed E-state index contributed by atoms with van der Waals surface area (Å²) < 4.78 is 41.1. The molecule has 3 aromatic carbocycles. The van der Waals surface area contributed by atoms with Gasteiger partial charge in [0.05, 0.1) is 20.9 Å². The fourth-order valence-corrected chi connectivity index (χ4v) is 4.99. The average Bonchev–Trinajstić information content (AvgIpc) is 2.74. The van der Waals surface area contributed by atoms with Gasteiger partial charge in [0, 0.05) is 17.1 Å². The lowest BCUT2D eigenvalue weighted by Crippen LogP contribution is -2.13. The minimum Gasteiger partial charge on any atom is -0.289 e. The van der Waals surface area contributed by atoms with Gasteiger partial charge in [-0.1, -0.05) is 30.3 Å². The Labute approximate surface area is 173 Å². The Hall–Kier alpha value is -3.38. The maximum Gasteiger partial charge on any atom is 0.208 e. The summed E-state index contributed by atoms with van der Waals surface area (Å²) in [5, 5.41) is 0.0773. The largest absolute Gasteiger partial charge is 0.289 e. The number of sulfone groups is 1. The monoisotopic (exact) mass is 419 g/mol. The van der Waals surface area contributed by atoms with E-state index in [0.717, 1.165) is 17.2 Å². The van der Waals surface area contributed by atoms with Crippen molar-refractivity contribution in [3.63, 3.8) is 0 Å². The number of halogens is 1. The zero-order valence-corrected chi connectivity index (χ0v) is 17.2. The van der Waals surface area contributed by atoms with Crippen molar-refractivity contribution in [1.29, 1.82) is 0 Å². The summed E-state index contributed by atoms with van der Waals surface area (Å²) in [7, 11) is -4.11. The molecule has 4 rings (SSSR count). The van der Waals surface area contributed by atoms with Crippen molar-refractivity contribution in [2.45, 2.75) is 23.6 Å². The van der Waals surface area contributed by atoms with Crippen LogP contribution in [0.3, 0.4) is 0 Å². The molecule has 0 saturated heterocycles. The molecule has 1 heterocycles. The van der Waals surface area contributed by atoms with Crippen molar-refractivity contribution >= 4 is 26.5 Å². The van der Waals surface area contributed by atoms with Crippen LogP contribution in [0.2, 0.25) is 0 Å². The van der Waals surface area contributed by atoms with Gasteiger partial charge in [-0.05, 0) is 61.4 Å². The molecule has 0 amide bonds. The summed E-state index contributed by atoms with van der Waals surface area (Å²) in [6, 6.07) is 16.7. The minimum absolute atomic E-state index is 0.0240. The van der Waals surface area contributed by atoms with E-state index in [9.17, 15) is 17.6 Å². The Bertz CT molecular complexity index is 1400. The van der Waals surface area contributed by atoms with E-state index in [1.165, 1.54) is 30.5 Å². The van der Waals surface area contributed by atoms with Gasteiger partial charge in [0.25, 0.3) is 0 Å². The lowest BCUT2D eigenvalue weighted by Gasteiger charge is -2.14. The van der Waals surface area contributed by atoms with Crippen LogP contribution in [-0.4, -0.2) is 19.2 Å². The molecule has 0 fully saturated rings. The highest BCUT2D eigenvalue weighted by Crippen LogP contribution is 2.32. The fraction of sp³-hybridized carbons (Fsp3) is 0.0833. The van der Waals surface area contributed by atoms with E-state index in [2.05, 4.69) is 4.98 Å². The molecule has 30 heavy (non-hydrogen) atoms. The Morgan fingerprint density at radius 3 is 2.33 bits per heavy atom. The number of rotatable bonds is 4. The first kappa shape index (κ1) is 19.9. The highest BCUT2D eigenvalue weighted by Gasteiger charge is 2.28. The second-order valence-electron chi connectivity index (χ2n) is 7.11. The molecule has 0 saturated carbocycles. The van der Waals surface area contributed by atoms with Gasteiger partial charge < -0.3 is 0 Å². The van der Waals surface area contributed by atoms with E-state index >= 15 is 0 Å². The lowest BCUT2D eigenvalue weighted by atomic mass is 9.99. The summed E-state index contributed by atoms with van der Waals surface area (Å²) in [6.45, 7) is 3.80. The number of fused-ring (bicyclic) bond motifs is 1. The highest BCUT2D eigenvalue weighted by atomic mass is 32.2. The van der Waals surface area contributed by atoms with E-state index in [1.807, 2.05) is 19.9 Å². The predicted molar refractivity (Wildman–Crippen MR) is 113 cm³/mol. The molecule has 6 heteroatoms. The first-order chi connectivity index (χ1) is 14.3. The number of carbonyl (C=O) groups excluding carboxylic acids is 1. The number of carbonyl (C=O) groups is 1. The van der Waals surface area contributed by atoms with Gasteiger partial charge in [-0.2, -0.15) is 0 Å². The van der Waals surface area contributed by atoms with E-state index in [1.54, 1.807) is 30.3 Å². The molecule has 0 aliphatic carbocycles. The van der Waals surface area contributed by atoms with Crippen LogP contribution in [0, 0.1) is 19.7 Å². The SMILES string of the molecule is Cc1ccc(C(=O)c2cnc3ccc(F)cc3c2S(=O)(=O)c2ccccc2)cc1C. The fourth-order valence-electron chi connectivity index (χ4n) is 3.35. The standard InChI is InChI=1S/C24H18FNO3S/c1-15-8-9-17(12-16(15)2)23(27)21-14-26-22-11-10-18(25)13-20(22)24(21)30(28,29)19-6-4-3-5-7-19/h3-14H,1-2H3. The number of benzene rings is 3. The maximum atomic E-state index is 14.1. The molecule has 4 aromatic rings. The number of hydrogen-bond donors (Lipinski definition) is 0. The third-order valence-corrected chi connectivity index (χ3v) is 6.99. The van der Waals surface area contributed by atoms with Crippen molar-refractivity contribution in [2.24, 2.45) is 0 Å². The van der Waals surface area contributed by atoms with Crippen molar-refractivity contribution < 1.29 is 17.6 Å². The number of nitrogens with zero attached hydrogens (tertiary/aromatic N) is 1. The van der Waals surface area contributed by atoms with E-state index in [4.69, 9.17) is 0 Å². The van der Waals surface area contributed by atoms with Crippen molar-refractivity contribution in [3.05, 3.63) is 101 Å². The first-order valence-electron chi connectivity index (χ1n) is 9.29. The van der Waals surface area contributed by atoms with Gasteiger partial charge >= 0.3 is 0 Å². The minimum atomic E-state index is -4.11. The summed E-state index contributed by atoms with van der Waals surface area (Å²) in [6.07, 6.45) is 1.26. The molecule has 150 valence electrons. The smallest absolute Gasteiger partial charge is 0.208 e. The molecule has 0 radical (unpaired) electrons. The molecule has 0 aliphatic heterocycles. The third-order valence-electron chi connectivity index (χ3n) is 5.12. The number of pyridine rings is 1. The number of aryl methyl sites for hydroxylation is 2. The first-order valence-corrected chi connectivity index (χ1v) is 10.8. The van der Waals surface area contributed by atoms with Crippen LogP contribution in [-0.2, 0) is 9.84 Å². The van der Waals surface area contributed by atoms with Crippen molar-refractivity contribution in [3.8, 4) is 0 Å². The Morgan fingerprint density at radius 1 is 0.900 bits per heavy atom. The van der Waals surface area contributed by atoms with Crippen LogP contribution >= 0.6 is 0 Å². The summed E-state index contributed by atoms with van der Waals surface area (Å²) in [4.78, 5) is 17.4. The summed E-state index contributed by atoms with van der Waals surface area (Å²) >= 11 is 0. The van der Waals surface area contributed by atoms with E-state index in [0.29, 0.717) is 11.1 Å². The summed E-state index contributed by atoms with van der Waals surface area (Å²) in [5.41, 5.74) is 2.48. The third kappa shape index (κ3) is 3.39. The molecule has 0 unspecified atom stereocenters. The molecule has 0 spiro atoms. The molecule has 0 atom stereocenters. The van der Waals surface area contributed by atoms with Gasteiger partial charge in [0.15, 0.2) is 5.78 Å². The van der Waals surface area contributed by atoms with Crippen molar-refractivity contribution in [1.82, 2.24) is 4.98 Å². The molecular formula is C24H18FNO3S. The number of aromatic nitrogens is 1. The van der Waals surface area contributed by atoms with Crippen LogP contribution in [0.4, 0.5) is 4.39 Å². The number of ketones is 1. The normalized spacial score (nSPS) is 11.6. The zero-order chi connectivity index (χ0) is 21.5. The number of hydrogen-bond acceptors (Lipinski definition) is 4. The molecule has 4 nitrogen and oxygen atoms in total. The van der Waals surface area contributed by atoms with Gasteiger partial charge in [0.1, 0.15) is 5.82 Å². The van der Waals surface area contributed by atoms with E-state index in [-0.39, 0.29) is 20.7 Å². The van der Waals surface area contributed by atoms with Crippen LogP contribution in [0.25, 0.3) is 10.9 Å². The van der Waals surface area contributed by atoms with Crippen LogP contribution in [0.5, 0.6) is 0 Å². The van der Waals surface area contributed by atoms with Gasteiger partial charge in [-0.25, -0.2) is 12.8 Å². The van der Waals surface area contributed by atoms with Crippen LogP contribution < -0.4 is 0 Å². The molecule has 1 aromatic heterocycles. The molecule has 0 aliphatic rings. The summed E-state index contributed by atoms with van der Waals surface area (Å²) in [5.74, 6) is -1.09. The highest BCUT2D eigenvalue weighted by molar-refractivity contribution is 7.91. The Kier molecular flexibility index (Phi) is 4.95. The Balaban J connectivity index is 2.04.